The van der Waals surface area contributed by atoms with Gasteiger partial charge in [0.05, 0.1) is 16.7 Å². The van der Waals surface area contributed by atoms with Crippen LogP contribution in [0.1, 0.15) is 27.0 Å². The van der Waals surface area contributed by atoms with Gasteiger partial charge in [-0.1, -0.05) is 30.3 Å². The fraction of sp³-hybridized carbons (Fsp3) is 0.125. The number of nitrogens with zero attached hydrogens (tertiary/aromatic N) is 2. The van der Waals surface area contributed by atoms with Crippen molar-refractivity contribution in [1.29, 1.82) is 0 Å². The monoisotopic (exact) mass is 447 g/mol. The Morgan fingerprint density at radius 1 is 1.00 bits per heavy atom. The lowest BCUT2D eigenvalue weighted by atomic mass is 10.1. The van der Waals surface area contributed by atoms with Crippen molar-refractivity contribution < 1.29 is 24.0 Å². The summed E-state index contributed by atoms with van der Waals surface area (Å²) in [5.74, 6) is -0.267. The molecule has 0 aliphatic rings. The van der Waals surface area contributed by atoms with Crippen LogP contribution in [0.5, 0.6) is 11.5 Å². The number of para-hydroxylation sites is 2. The molecule has 0 aliphatic heterocycles. The molecule has 0 spiro atoms. The van der Waals surface area contributed by atoms with Gasteiger partial charge in [-0.3, -0.25) is 14.9 Å². The zero-order chi connectivity index (χ0) is 23.8. The van der Waals surface area contributed by atoms with Crippen LogP contribution in [-0.4, -0.2) is 29.6 Å². The van der Waals surface area contributed by atoms with E-state index in [0.29, 0.717) is 11.3 Å². The van der Waals surface area contributed by atoms with Gasteiger partial charge in [-0.2, -0.15) is 5.10 Å². The second kappa shape index (κ2) is 10.7. The highest BCUT2D eigenvalue weighted by atomic mass is 16.6. The maximum absolute atomic E-state index is 12.4. The fourth-order valence-corrected chi connectivity index (χ4v) is 2.93. The summed E-state index contributed by atoms with van der Waals surface area (Å²) in [5.41, 5.74) is 4.70. The maximum Gasteiger partial charge on any atom is 0.343 e. The quantitative estimate of drug-likeness (QED) is 0.183. The molecule has 1 amide bonds. The third kappa shape index (κ3) is 6.23. The van der Waals surface area contributed by atoms with Gasteiger partial charge in [0.2, 0.25) is 0 Å². The number of carbonyl (C=O) groups is 2. The maximum atomic E-state index is 12.4. The first-order valence-corrected chi connectivity index (χ1v) is 9.91. The van der Waals surface area contributed by atoms with Crippen molar-refractivity contribution in [2.45, 2.75) is 13.8 Å². The lowest BCUT2D eigenvalue weighted by Crippen LogP contribution is -2.25. The summed E-state index contributed by atoms with van der Waals surface area (Å²) in [6.45, 7) is 3.58. The Kier molecular flexibility index (Phi) is 7.48. The molecule has 1 N–H and O–H groups in total. The van der Waals surface area contributed by atoms with Gasteiger partial charge in [0.15, 0.2) is 6.61 Å². The molecular weight excluding hydrogens is 426 g/mol. The summed E-state index contributed by atoms with van der Waals surface area (Å²) in [6, 6.07) is 17.4. The van der Waals surface area contributed by atoms with Gasteiger partial charge in [0, 0.05) is 17.7 Å². The minimum Gasteiger partial charge on any atom is -0.483 e. The highest BCUT2D eigenvalue weighted by molar-refractivity contribution is 5.93. The van der Waals surface area contributed by atoms with Gasteiger partial charge in [-0.15, -0.1) is 0 Å². The largest absolute Gasteiger partial charge is 0.483 e. The van der Waals surface area contributed by atoms with Crippen LogP contribution in [-0.2, 0) is 4.79 Å². The second-order valence-corrected chi connectivity index (χ2v) is 7.03. The first-order chi connectivity index (χ1) is 15.8. The molecule has 9 nitrogen and oxygen atoms in total. The number of hydrogen-bond donors (Lipinski definition) is 1. The van der Waals surface area contributed by atoms with Crippen molar-refractivity contribution in [3.8, 4) is 11.5 Å². The van der Waals surface area contributed by atoms with E-state index in [2.05, 4.69) is 10.5 Å². The second-order valence-electron chi connectivity index (χ2n) is 7.03. The molecule has 0 saturated carbocycles. The van der Waals surface area contributed by atoms with Crippen molar-refractivity contribution in [2.24, 2.45) is 5.10 Å². The topological polar surface area (TPSA) is 120 Å². The van der Waals surface area contributed by atoms with Crippen molar-refractivity contribution in [2.75, 3.05) is 6.61 Å². The number of hydrogen-bond acceptors (Lipinski definition) is 7. The smallest absolute Gasteiger partial charge is 0.343 e. The highest BCUT2D eigenvalue weighted by Crippen LogP contribution is 2.22. The predicted molar refractivity (Wildman–Crippen MR) is 122 cm³/mol. The highest BCUT2D eigenvalue weighted by Gasteiger charge is 2.13. The Morgan fingerprint density at radius 3 is 2.33 bits per heavy atom. The van der Waals surface area contributed by atoms with E-state index in [9.17, 15) is 19.7 Å². The Labute approximate surface area is 189 Å². The van der Waals surface area contributed by atoms with Gasteiger partial charge in [0.1, 0.15) is 11.5 Å². The van der Waals surface area contributed by atoms with Crippen molar-refractivity contribution in [1.82, 2.24) is 5.43 Å². The number of amides is 1. The molecule has 33 heavy (non-hydrogen) atoms. The van der Waals surface area contributed by atoms with Crippen LogP contribution in [0.3, 0.4) is 0 Å². The van der Waals surface area contributed by atoms with Gasteiger partial charge in [0.25, 0.3) is 11.6 Å². The van der Waals surface area contributed by atoms with Crippen molar-refractivity contribution >= 4 is 23.8 Å². The first-order valence-electron chi connectivity index (χ1n) is 9.91. The molecule has 0 heterocycles. The zero-order valence-electron chi connectivity index (χ0n) is 18.0. The number of esters is 1. The van der Waals surface area contributed by atoms with E-state index < -0.39 is 16.8 Å². The summed E-state index contributed by atoms with van der Waals surface area (Å²) in [4.78, 5) is 34.6. The Balaban J connectivity index is 1.60. The Morgan fingerprint density at radius 2 is 1.67 bits per heavy atom. The molecule has 0 aliphatic carbocycles. The number of carbonyl (C=O) groups excluding carboxylic acids is 2. The number of benzene rings is 3. The number of hydrazone groups is 1. The summed E-state index contributed by atoms with van der Waals surface area (Å²) in [6.07, 6.45) is 1.34. The minimum atomic E-state index is -0.684. The molecule has 0 unspecified atom stereocenters. The average Bonchev–Trinajstić information content (AvgIpc) is 2.80. The summed E-state index contributed by atoms with van der Waals surface area (Å²) in [7, 11) is 0. The van der Waals surface area contributed by atoms with Gasteiger partial charge in [-0.05, 0) is 49.2 Å². The summed E-state index contributed by atoms with van der Waals surface area (Å²) < 4.78 is 11.0. The van der Waals surface area contributed by atoms with Gasteiger partial charge >= 0.3 is 5.97 Å². The molecule has 3 rings (SSSR count). The molecule has 168 valence electrons. The molecule has 3 aromatic carbocycles. The van der Waals surface area contributed by atoms with Crippen molar-refractivity contribution in [3.63, 3.8) is 0 Å². The standard InChI is InChI=1S/C24H21N3O6/c1-16-6-5-7-17(2)23(16)32-15-22(28)26-25-14-19-8-3-4-9-21(19)33-24(29)18-10-12-20(13-11-18)27(30)31/h3-14H,15H2,1-2H3,(H,26,28)/b25-14+. The number of aryl methyl sites for hydroxylation is 2. The van der Waals surface area contributed by atoms with E-state index in [1.54, 1.807) is 24.3 Å². The molecule has 0 atom stereocenters. The third-order valence-electron chi connectivity index (χ3n) is 4.58. The van der Waals surface area contributed by atoms with Crippen molar-refractivity contribution in [3.05, 3.63) is 99.1 Å². The van der Waals surface area contributed by atoms with Crippen LogP contribution in [0.25, 0.3) is 0 Å². The van der Waals surface area contributed by atoms with E-state index in [0.717, 1.165) is 11.1 Å². The Bertz CT molecular complexity index is 1180. The van der Waals surface area contributed by atoms with Crippen LogP contribution < -0.4 is 14.9 Å². The number of nitrogens with one attached hydrogen (secondary N) is 1. The number of rotatable bonds is 8. The third-order valence-corrected chi connectivity index (χ3v) is 4.58. The zero-order valence-corrected chi connectivity index (χ0v) is 18.0. The fourth-order valence-electron chi connectivity index (χ4n) is 2.93. The predicted octanol–water partition coefficient (Wildman–Crippen LogP) is 3.96. The van der Waals surface area contributed by atoms with E-state index in [4.69, 9.17) is 9.47 Å². The summed E-state index contributed by atoms with van der Waals surface area (Å²) in [5, 5.41) is 14.6. The number of ether oxygens (including phenoxy) is 2. The molecule has 9 heteroatoms. The van der Waals surface area contributed by atoms with Crippen LogP contribution in [0, 0.1) is 24.0 Å². The number of non-ortho nitro benzene ring substituents is 1. The molecule has 0 radical (unpaired) electrons. The molecular formula is C24H21N3O6. The lowest BCUT2D eigenvalue weighted by molar-refractivity contribution is -0.384. The SMILES string of the molecule is Cc1cccc(C)c1OCC(=O)N/N=C/c1ccccc1OC(=O)c1ccc([N+](=O)[O-])cc1. The van der Waals surface area contributed by atoms with E-state index in [1.165, 1.54) is 30.5 Å². The molecule has 0 bridgehead atoms. The molecule has 0 aromatic heterocycles. The van der Waals surface area contributed by atoms with Gasteiger partial charge < -0.3 is 9.47 Å². The lowest BCUT2D eigenvalue weighted by Gasteiger charge is -2.10. The van der Waals surface area contributed by atoms with Crippen LogP contribution in [0.4, 0.5) is 5.69 Å². The van der Waals surface area contributed by atoms with Crippen LogP contribution in [0.2, 0.25) is 0 Å². The molecule has 3 aromatic rings. The van der Waals surface area contributed by atoms with E-state index in [-0.39, 0.29) is 23.6 Å². The van der Waals surface area contributed by atoms with Crippen LogP contribution >= 0.6 is 0 Å². The van der Waals surface area contributed by atoms with Crippen LogP contribution in [0.15, 0.2) is 71.8 Å². The Hall–Kier alpha value is -4.53. The number of nitro benzene ring substituents is 1. The van der Waals surface area contributed by atoms with E-state index >= 15 is 0 Å². The molecule has 0 fully saturated rings. The normalized spacial score (nSPS) is 10.6. The molecule has 0 saturated heterocycles. The van der Waals surface area contributed by atoms with Gasteiger partial charge in [-0.25, -0.2) is 10.2 Å². The number of nitro groups is 1. The summed E-state index contributed by atoms with van der Waals surface area (Å²) >= 11 is 0. The minimum absolute atomic E-state index is 0.128. The van der Waals surface area contributed by atoms with E-state index in [1.807, 2.05) is 32.0 Å². The first kappa shape index (κ1) is 23.1. The average molecular weight is 447 g/mol.